The largest absolute Gasteiger partial charge is 0.496 e. The SMILES string of the molecule is COc1ccc(Cc2c(C)cc([N+](=O)[O-])cc2C)cc1C(F)(F)F. The fraction of sp³-hybridized carbons (Fsp3) is 0.294. The van der Waals surface area contributed by atoms with Crippen LogP contribution in [-0.2, 0) is 12.6 Å². The molecule has 0 bridgehead atoms. The molecular formula is C17H16F3NO3. The second-order valence-corrected chi connectivity index (χ2v) is 5.52. The highest BCUT2D eigenvalue weighted by atomic mass is 19.4. The van der Waals surface area contributed by atoms with E-state index >= 15 is 0 Å². The van der Waals surface area contributed by atoms with Crippen LogP contribution in [0.4, 0.5) is 18.9 Å². The maximum atomic E-state index is 13.1. The lowest BCUT2D eigenvalue weighted by Crippen LogP contribution is -2.08. The molecule has 128 valence electrons. The molecule has 0 atom stereocenters. The van der Waals surface area contributed by atoms with Crippen molar-refractivity contribution < 1.29 is 22.8 Å². The van der Waals surface area contributed by atoms with Crippen LogP contribution < -0.4 is 4.74 Å². The number of nitro groups is 1. The van der Waals surface area contributed by atoms with Gasteiger partial charge in [0, 0.05) is 12.1 Å². The van der Waals surface area contributed by atoms with E-state index in [1.807, 2.05) is 0 Å². The van der Waals surface area contributed by atoms with Gasteiger partial charge >= 0.3 is 6.18 Å². The molecule has 0 aliphatic rings. The fourth-order valence-electron chi connectivity index (χ4n) is 2.65. The van der Waals surface area contributed by atoms with Crippen LogP contribution >= 0.6 is 0 Å². The Balaban J connectivity index is 2.44. The third-order valence-electron chi connectivity index (χ3n) is 3.84. The summed E-state index contributed by atoms with van der Waals surface area (Å²) in [6, 6.07) is 6.76. The molecule has 0 saturated heterocycles. The Morgan fingerprint density at radius 3 is 2.17 bits per heavy atom. The molecule has 0 radical (unpaired) electrons. The average Bonchev–Trinajstić information content (AvgIpc) is 2.49. The number of aryl methyl sites for hydroxylation is 2. The predicted molar refractivity (Wildman–Crippen MR) is 83.4 cm³/mol. The smallest absolute Gasteiger partial charge is 0.419 e. The Kier molecular flexibility index (Phi) is 4.82. The summed E-state index contributed by atoms with van der Waals surface area (Å²) in [7, 11) is 1.19. The first-order valence-electron chi connectivity index (χ1n) is 7.12. The molecule has 2 rings (SSSR count). The van der Waals surface area contributed by atoms with Gasteiger partial charge in [-0.1, -0.05) is 6.07 Å². The Labute approximate surface area is 137 Å². The number of halogens is 3. The van der Waals surface area contributed by atoms with Crippen LogP contribution in [0.5, 0.6) is 5.75 Å². The molecule has 0 amide bonds. The lowest BCUT2D eigenvalue weighted by atomic mass is 9.94. The highest BCUT2D eigenvalue weighted by Gasteiger charge is 2.34. The molecule has 0 spiro atoms. The van der Waals surface area contributed by atoms with Gasteiger partial charge in [0.25, 0.3) is 5.69 Å². The number of alkyl halides is 3. The van der Waals surface area contributed by atoms with Crippen molar-refractivity contribution >= 4 is 5.69 Å². The first-order valence-corrected chi connectivity index (χ1v) is 7.12. The van der Waals surface area contributed by atoms with Crippen molar-refractivity contribution in [1.82, 2.24) is 0 Å². The molecule has 0 N–H and O–H groups in total. The van der Waals surface area contributed by atoms with E-state index in [0.717, 1.165) is 11.6 Å². The summed E-state index contributed by atoms with van der Waals surface area (Å²) >= 11 is 0. The van der Waals surface area contributed by atoms with Crippen LogP contribution in [0.15, 0.2) is 30.3 Å². The lowest BCUT2D eigenvalue weighted by molar-refractivity contribution is -0.385. The van der Waals surface area contributed by atoms with Gasteiger partial charge in [0.2, 0.25) is 0 Å². The first-order chi connectivity index (χ1) is 11.1. The van der Waals surface area contributed by atoms with E-state index in [1.54, 1.807) is 19.9 Å². The summed E-state index contributed by atoms with van der Waals surface area (Å²) in [5.41, 5.74) is 1.72. The van der Waals surface area contributed by atoms with E-state index in [4.69, 9.17) is 4.74 Å². The van der Waals surface area contributed by atoms with Crippen LogP contribution in [-0.4, -0.2) is 12.0 Å². The van der Waals surface area contributed by atoms with Crippen LogP contribution in [0.2, 0.25) is 0 Å². The number of hydrogen-bond donors (Lipinski definition) is 0. The van der Waals surface area contributed by atoms with Gasteiger partial charge < -0.3 is 4.74 Å². The second kappa shape index (κ2) is 6.51. The highest BCUT2D eigenvalue weighted by Crippen LogP contribution is 2.37. The maximum absolute atomic E-state index is 13.1. The van der Waals surface area contributed by atoms with Crippen molar-refractivity contribution in [2.45, 2.75) is 26.4 Å². The molecule has 4 nitrogen and oxygen atoms in total. The molecule has 0 aliphatic heterocycles. The third kappa shape index (κ3) is 3.67. The normalized spacial score (nSPS) is 11.4. The zero-order valence-electron chi connectivity index (χ0n) is 13.4. The van der Waals surface area contributed by atoms with E-state index in [1.165, 1.54) is 25.3 Å². The number of ether oxygens (including phenoxy) is 1. The molecule has 2 aromatic carbocycles. The minimum Gasteiger partial charge on any atom is -0.496 e. The Morgan fingerprint density at radius 2 is 1.71 bits per heavy atom. The molecule has 0 aliphatic carbocycles. The van der Waals surface area contributed by atoms with Crippen LogP contribution in [0.25, 0.3) is 0 Å². The van der Waals surface area contributed by atoms with Gasteiger partial charge in [-0.15, -0.1) is 0 Å². The molecule has 0 aromatic heterocycles. The monoisotopic (exact) mass is 339 g/mol. The molecule has 0 heterocycles. The molecule has 0 saturated carbocycles. The number of nitro benzene ring substituents is 1. The molecule has 0 unspecified atom stereocenters. The zero-order valence-corrected chi connectivity index (χ0v) is 13.4. The molecule has 24 heavy (non-hydrogen) atoms. The van der Waals surface area contributed by atoms with Gasteiger partial charge in [-0.05, 0) is 54.7 Å². The third-order valence-corrected chi connectivity index (χ3v) is 3.84. The van der Waals surface area contributed by atoms with Crippen molar-refractivity contribution in [3.63, 3.8) is 0 Å². The summed E-state index contributed by atoms with van der Waals surface area (Å²) in [5, 5.41) is 10.9. The van der Waals surface area contributed by atoms with Crippen LogP contribution in [0, 0.1) is 24.0 Å². The molecular weight excluding hydrogens is 323 g/mol. The first kappa shape index (κ1) is 17.8. The van der Waals surface area contributed by atoms with Gasteiger partial charge in [-0.25, -0.2) is 0 Å². The van der Waals surface area contributed by atoms with Gasteiger partial charge in [-0.3, -0.25) is 10.1 Å². The Morgan fingerprint density at radius 1 is 1.12 bits per heavy atom. The summed E-state index contributed by atoms with van der Waals surface area (Å²) in [5.74, 6) is -0.233. The molecule has 2 aromatic rings. The Hall–Kier alpha value is -2.57. The van der Waals surface area contributed by atoms with E-state index in [-0.39, 0.29) is 17.9 Å². The zero-order chi connectivity index (χ0) is 18.1. The summed E-state index contributed by atoms with van der Waals surface area (Å²) in [6.45, 7) is 3.42. The lowest BCUT2D eigenvalue weighted by Gasteiger charge is -2.15. The van der Waals surface area contributed by atoms with Gasteiger partial charge in [-0.2, -0.15) is 13.2 Å². The number of benzene rings is 2. The van der Waals surface area contributed by atoms with E-state index < -0.39 is 16.7 Å². The summed E-state index contributed by atoms with van der Waals surface area (Å²) < 4.78 is 44.1. The van der Waals surface area contributed by atoms with Crippen molar-refractivity contribution in [2.24, 2.45) is 0 Å². The number of non-ortho nitro benzene ring substituents is 1. The summed E-state index contributed by atoms with van der Waals surface area (Å²) in [6.07, 6.45) is -4.26. The van der Waals surface area contributed by atoms with Gasteiger partial charge in [0.05, 0.1) is 17.6 Å². The van der Waals surface area contributed by atoms with Crippen molar-refractivity contribution in [1.29, 1.82) is 0 Å². The van der Waals surface area contributed by atoms with Crippen molar-refractivity contribution in [3.05, 3.63) is 68.3 Å². The second-order valence-electron chi connectivity index (χ2n) is 5.52. The number of nitrogens with zero attached hydrogens (tertiary/aromatic N) is 1. The number of rotatable bonds is 4. The standard InChI is InChI=1S/C17H16F3NO3/c1-10-6-13(21(22)23)7-11(2)14(10)8-12-4-5-16(24-3)15(9-12)17(18,19)20/h4-7,9H,8H2,1-3H3. The maximum Gasteiger partial charge on any atom is 0.419 e. The van der Waals surface area contributed by atoms with Gasteiger partial charge in [0.1, 0.15) is 5.75 Å². The average molecular weight is 339 g/mol. The fourth-order valence-corrected chi connectivity index (χ4v) is 2.65. The van der Waals surface area contributed by atoms with Crippen molar-refractivity contribution in [2.75, 3.05) is 7.11 Å². The van der Waals surface area contributed by atoms with Gasteiger partial charge in [0.15, 0.2) is 0 Å². The van der Waals surface area contributed by atoms with E-state index in [9.17, 15) is 23.3 Å². The minimum atomic E-state index is -4.51. The topological polar surface area (TPSA) is 52.4 Å². The van der Waals surface area contributed by atoms with Crippen molar-refractivity contribution in [3.8, 4) is 5.75 Å². The molecule has 0 fully saturated rings. The predicted octanol–water partition coefficient (Wildman–Crippen LogP) is 4.83. The summed E-state index contributed by atoms with van der Waals surface area (Å²) in [4.78, 5) is 10.4. The number of hydrogen-bond acceptors (Lipinski definition) is 3. The number of methoxy groups -OCH3 is 1. The van der Waals surface area contributed by atoms with E-state index in [2.05, 4.69) is 0 Å². The van der Waals surface area contributed by atoms with Crippen LogP contribution in [0.3, 0.4) is 0 Å². The highest BCUT2D eigenvalue weighted by molar-refractivity contribution is 5.48. The van der Waals surface area contributed by atoms with E-state index in [0.29, 0.717) is 16.7 Å². The van der Waals surface area contributed by atoms with Crippen LogP contribution in [0.1, 0.15) is 27.8 Å². The Bertz CT molecular complexity index is 762. The quantitative estimate of drug-likeness (QED) is 0.592. The minimum absolute atomic E-state index is 0.0283. The molecule has 7 heteroatoms.